The van der Waals surface area contributed by atoms with Crippen LogP contribution in [0.4, 0.5) is 10.1 Å². The van der Waals surface area contributed by atoms with Gasteiger partial charge in [-0.1, -0.05) is 19.9 Å². The highest BCUT2D eigenvalue weighted by Gasteiger charge is 2.68. The molecule has 158 valence electrons. The molecule has 4 fully saturated rings. The molecule has 29 heavy (non-hydrogen) atoms. The fraction of sp³-hybridized carbons (Fsp3) is 0.708. The third-order valence-electron chi connectivity index (χ3n) is 8.60. The molecule has 4 nitrogen and oxygen atoms in total. The van der Waals surface area contributed by atoms with Gasteiger partial charge in [0, 0.05) is 32.7 Å². The summed E-state index contributed by atoms with van der Waals surface area (Å²) in [5.41, 5.74) is 1.84. The summed E-state index contributed by atoms with van der Waals surface area (Å²) in [5.74, 6) is 0.827. The number of nitrogens with one attached hydrogen (secondary N) is 1. The van der Waals surface area contributed by atoms with Gasteiger partial charge in [0.25, 0.3) is 0 Å². The first-order chi connectivity index (χ1) is 13.8. The summed E-state index contributed by atoms with van der Waals surface area (Å²) in [5, 5.41) is 3.31. The summed E-state index contributed by atoms with van der Waals surface area (Å²) in [7, 11) is 0. The highest BCUT2D eigenvalue weighted by molar-refractivity contribution is 5.73. The predicted molar refractivity (Wildman–Crippen MR) is 111 cm³/mol. The Morgan fingerprint density at radius 2 is 2.03 bits per heavy atom. The molecule has 0 radical (unpaired) electrons. The average molecular weight is 401 g/mol. The zero-order valence-electron chi connectivity index (χ0n) is 17.8. The summed E-state index contributed by atoms with van der Waals surface area (Å²) >= 11 is 0. The van der Waals surface area contributed by atoms with Crippen molar-refractivity contribution >= 4 is 11.6 Å². The van der Waals surface area contributed by atoms with Crippen molar-refractivity contribution in [3.8, 4) is 0 Å². The zero-order chi connectivity index (χ0) is 20.4. The van der Waals surface area contributed by atoms with E-state index in [1.54, 1.807) is 13.0 Å². The lowest BCUT2D eigenvalue weighted by Gasteiger charge is -2.53. The first-order valence-corrected chi connectivity index (χ1v) is 11.3. The van der Waals surface area contributed by atoms with Gasteiger partial charge in [-0.25, -0.2) is 4.39 Å². The summed E-state index contributed by atoms with van der Waals surface area (Å²) in [4.78, 5) is 14.1. The Labute approximate surface area is 173 Å². The molecule has 2 heterocycles. The van der Waals surface area contributed by atoms with Gasteiger partial charge in [0.1, 0.15) is 5.82 Å². The number of anilines is 1. The molecular weight excluding hydrogens is 367 g/mol. The molecule has 1 aromatic carbocycles. The van der Waals surface area contributed by atoms with E-state index in [1.165, 1.54) is 0 Å². The van der Waals surface area contributed by atoms with E-state index in [2.05, 4.69) is 30.1 Å². The lowest BCUT2D eigenvalue weighted by Crippen LogP contribution is -2.58. The fourth-order valence-corrected chi connectivity index (χ4v) is 7.24. The van der Waals surface area contributed by atoms with Crippen LogP contribution in [0.2, 0.25) is 0 Å². The minimum absolute atomic E-state index is 0.0489. The normalized spacial score (nSPS) is 37.6. The maximum atomic E-state index is 15.0. The van der Waals surface area contributed by atoms with Gasteiger partial charge in [0.15, 0.2) is 0 Å². The molecule has 5 atom stereocenters. The predicted octanol–water partition coefficient (Wildman–Crippen LogP) is 4.44. The minimum Gasteiger partial charge on any atom is -0.373 e. The van der Waals surface area contributed by atoms with Crippen LogP contribution in [0.15, 0.2) is 18.2 Å². The van der Waals surface area contributed by atoms with Crippen LogP contribution in [0, 0.1) is 28.5 Å². The maximum absolute atomic E-state index is 15.0. The van der Waals surface area contributed by atoms with Gasteiger partial charge in [-0.2, -0.15) is 0 Å². The van der Waals surface area contributed by atoms with Crippen LogP contribution in [0.3, 0.4) is 0 Å². The van der Waals surface area contributed by atoms with Crippen LogP contribution in [-0.4, -0.2) is 31.6 Å². The van der Waals surface area contributed by atoms with E-state index >= 15 is 4.39 Å². The Morgan fingerprint density at radius 3 is 2.72 bits per heavy atom. The van der Waals surface area contributed by atoms with Crippen LogP contribution in [0.1, 0.15) is 64.5 Å². The largest absolute Gasteiger partial charge is 0.373 e. The first kappa shape index (κ1) is 19.3. The quantitative estimate of drug-likeness (QED) is 0.815. The minimum atomic E-state index is -0.130. The second kappa shape index (κ2) is 6.69. The fourth-order valence-electron chi connectivity index (χ4n) is 7.24. The average Bonchev–Trinajstić information content (AvgIpc) is 3.37. The Balaban J connectivity index is 1.46. The van der Waals surface area contributed by atoms with Crippen LogP contribution in [-0.2, 0) is 9.53 Å². The van der Waals surface area contributed by atoms with Gasteiger partial charge in [0.05, 0.1) is 11.8 Å². The van der Waals surface area contributed by atoms with Crippen molar-refractivity contribution in [1.29, 1.82) is 0 Å². The molecule has 5 rings (SSSR count). The zero-order valence-corrected chi connectivity index (χ0v) is 17.8. The van der Waals surface area contributed by atoms with E-state index in [1.807, 2.05) is 6.07 Å². The number of carbonyl (C=O) groups is 1. The van der Waals surface area contributed by atoms with E-state index in [0.29, 0.717) is 18.4 Å². The van der Waals surface area contributed by atoms with Gasteiger partial charge in [-0.15, -0.1) is 0 Å². The smallest absolute Gasteiger partial charge is 0.217 e. The van der Waals surface area contributed by atoms with Crippen molar-refractivity contribution in [2.75, 3.05) is 24.6 Å². The number of hydrogen-bond acceptors (Lipinski definition) is 3. The van der Waals surface area contributed by atoms with Crippen molar-refractivity contribution in [1.82, 2.24) is 5.32 Å². The number of carbonyl (C=O) groups excluding carboxylic acids is 1. The van der Waals surface area contributed by atoms with Crippen molar-refractivity contribution in [2.45, 2.75) is 65.0 Å². The highest BCUT2D eigenvalue weighted by atomic mass is 19.1. The standard InChI is InChI=1S/C24H33FN2O2/c1-15(28)26-22-23(2,3)17-13-18-21(29-11-8-24(18,22)14-17)16-6-7-20(19(25)12-16)27-9-4-5-10-27/h6-7,12,17-18,21-22H,4-5,8-11,13-14H2,1-3H3,(H,26,28)/t17-,18-,21-,22-,24-/m1/s1. The molecule has 2 aliphatic carbocycles. The Morgan fingerprint density at radius 1 is 1.28 bits per heavy atom. The van der Waals surface area contributed by atoms with Crippen molar-refractivity contribution in [2.24, 2.45) is 22.7 Å². The lowest BCUT2D eigenvalue weighted by molar-refractivity contribution is -0.136. The van der Waals surface area contributed by atoms with Crippen LogP contribution in [0.5, 0.6) is 0 Å². The van der Waals surface area contributed by atoms with Gasteiger partial charge < -0.3 is 15.0 Å². The first-order valence-electron chi connectivity index (χ1n) is 11.3. The molecule has 1 N–H and O–H groups in total. The topological polar surface area (TPSA) is 41.6 Å². The van der Waals surface area contributed by atoms with Gasteiger partial charge in [-0.3, -0.25) is 4.79 Å². The molecule has 2 saturated carbocycles. The molecule has 2 bridgehead atoms. The summed E-state index contributed by atoms with van der Waals surface area (Å²) in [6.07, 6.45) is 5.42. The van der Waals surface area contributed by atoms with Crippen LogP contribution < -0.4 is 10.2 Å². The second-order valence-corrected chi connectivity index (χ2v) is 10.4. The van der Waals surface area contributed by atoms with Crippen LogP contribution >= 0.6 is 0 Å². The Hall–Kier alpha value is -1.62. The molecule has 1 amide bonds. The number of fused-ring (bicyclic) bond motifs is 1. The molecule has 2 aliphatic heterocycles. The van der Waals surface area contributed by atoms with Gasteiger partial charge >= 0.3 is 0 Å². The van der Waals surface area contributed by atoms with E-state index in [-0.39, 0.29) is 34.7 Å². The maximum Gasteiger partial charge on any atom is 0.217 e. The van der Waals surface area contributed by atoms with Crippen molar-refractivity contribution < 1.29 is 13.9 Å². The number of amides is 1. The molecule has 5 heteroatoms. The van der Waals surface area contributed by atoms with Crippen molar-refractivity contribution in [3.05, 3.63) is 29.6 Å². The summed E-state index contributed by atoms with van der Waals surface area (Å²) in [6, 6.07) is 5.90. The van der Waals surface area contributed by atoms with Crippen molar-refractivity contribution in [3.63, 3.8) is 0 Å². The number of benzene rings is 1. The third kappa shape index (κ3) is 2.83. The third-order valence-corrected chi connectivity index (χ3v) is 8.60. The lowest BCUT2D eigenvalue weighted by atomic mass is 9.59. The number of hydrogen-bond donors (Lipinski definition) is 1. The highest BCUT2D eigenvalue weighted by Crippen LogP contribution is 2.70. The molecule has 0 unspecified atom stereocenters. The molecule has 1 aromatic rings. The van der Waals surface area contributed by atoms with Crippen LogP contribution in [0.25, 0.3) is 0 Å². The Bertz CT molecular complexity index is 819. The van der Waals surface area contributed by atoms with E-state index in [9.17, 15) is 4.79 Å². The van der Waals surface area contributed by atoms with Gasteiger partial charge in [0.2, 0.25) is 5.91 Å². The molecule has 2 saturated heterocycles. The second-order valence-electron chi connectivity index (χ2n) is 10.4. The summed E-state index contributed by atoms with van der Waals surface area (Å²) in [6.45, 7) is 8.79. The Kier molecular flexibility index (Phi) is 4.47. The van der Waals surface area contributed by atoms with E-state index < -0.39 is 0 Å². The molecule has 0 aromatic heterocycles. The number of halogens is 1. The number of ether oxygens (including phenoxy) is 1. The molecule has 4 aliphatic rings. The SMILES string of the molecule is CC(=O)N[C@@H]1C(C)(C)[C@@H]2C[C@@H]3[C@@H](c4ccc(N5CCCC5)c(F)c4)OCC[C@@]31C2. The molecular formula is C24H33FN2O2. The van der Waals surface area contributed by atoms with E-state index in [4.69, 9.17) is 4.74 Å². The van der Waals surface area contributed by atoms with Gasteiger partial charge in [-0.05, 0) is 72.5 Å². The summed E-state index contributed by atoms with van der Waals surface area (Å²) < 4.78 is 21.3. The number of nitrogens with zero attached hydrogens (tertiary/aromatic N) is 1. The van der Waals surface area contributed by atoms with E-state index in [0.717, 1.165) is 56.4 Å². The monoisotopic (exact) mass is 400 g/mol. The number of rotatable bonds is 3. The molecule has 1 spiro atoms.